The summed E-state index contributed by atoms with van der Waals surface area (Å²) in [7, 11) is 0. The number of likely N-dealkylation sites (tertiary alicyclic amines) is 1. The third-order valence-corrected chi connectivity index (χ3v) is 5.43. The van der Waals surface area contributed by atoms with E-state index in [4.69, 9.17) is 4.42 Å². The molecule has 0 aliphatic carbocycles. The van der Waals surface area contributed by atoms with Crippen molar-refractivity contribution in [2.45, 2.75) is 51.2 Å². The first-order valence-electron chi connectivity index (χ1n) is 10.8. The summed E-state index contributed by atoms with van der Waals surface area (Å²) in [6.45, 7) is 2.64. The Morgan fingerprint density at radius 2 is 2.20 bits per heavy atom. The van der Waals surface area contributed by atoms with Gasteiger partial charge in [-0.2, -0.15) is 5.26 Å². The Bertz CT molecular complexity index is 1210. The summed E-state index contributed by atoms with van der Waals surface area (Å²) in [5, 5.41) is 27.5. The van der Waals surface area contributed by atoms with Crippen LogP contribution in [0.1, 0.15) is 36.0 Å². The second-order valence-corrected chi connectivity index (χ2v) is 7.97. The SMILES string of the molecule is CCCc1ccc(OC(F)(F)F)cc1-c1nnc(C(=O)N[C@@H]2C[C@@H](Cn3ccnn3)N(C#N)C2)o1. The van der Waals surface area contributed by atoms with Crippen LogP contribution in [0.15, 0.2) is 35.0 Å². The highest BCUT2D eigenvalue weighted by molar-refractivity contribution is 5.90. The van der Waals surface area contributed by atoms with Crippen LogP contribution in [0.3, 0.4) is 0 Å². The number of rotatable bonds is 8. The van der Waals surface area contributed by atoms with Crippen LogP contribution >= 0.6 is 0 Å². The first-order valence-corrected chi connectivity index (χ1v) is 10.8. The molecule has 1 amide bonds. The number of nitrogens with zero attached hydrogens (tertiary/aromatic N) is 7. The predicted molar refractivity (Wildman–Crippen MR) is 112 cm³/mol. The number of aryl methyl sites for hydroxylation is 1. The Morgan fingerprint density at radius 3 is 2.89 bits per heavy atom. The van der Waals surface area contributed by atoms with Crippen molar-refractivity contribution in [1.29, 1.82) is 5.26 Å². The minimum Gasteiger partial charge on any atom is -0.412 e. The molecule has 11 nitrogen and oxygen atoms in total. The maximum atomic E-state index is 12.7. The van der Waals surface area contributed by atoms with Gasteiger partial charge in [0.15, 0.2) is 6.19 Å². The standard InChI is InChI=1S/C21H21F3N8O3/c1-2-3-13-4-5-16(35-21(22,23)24)9-17(13)19-28-29-20(34-19)18(33)27-14-8-15(31(10-14)12-25)11-32-7-6-26-30-32/h4-7,9,14-15H,2-3,8,10-11H2,1H3,(H,27,33)/t14-,15+/m1/s1. The van der Waals surface area contributed by atoms with Gasteiger partial charge in [0.25, 0.3) is 0 Å². The van der Waals surface area contributed by atoms with Crippen LogP contribution in [0.5, 0.6) is 5.75 Å². The molecule has 4 rings (SSSR count). The van der Waals surface area contributed by atoms with E-state index in [9.17, 15) is 23.2 Å². The lowest BCUT2D eigenvalue weighted by Gasteiger charge is -2.16. The fraction of sp³-hybridized carbons (Fsp3) is 0.429. The zero-order chi connectivity index (χ0) is 25.0. The summed E-state index contributed by atoms with van der Waals surface area (Å²) in [5.74, 6) is -1.52. The lowest BCUT2D eigenvalue weighted by Crippen LogP contribution is -2.36. The van der Waals surface area contributed by atoms with Crippen molar-refractivity contribution in [3.63, 3.8) is 0 Å². The van der Waals surface area contributed by atoms with E-state index in [1.54, 1.807) is 15.8 Å². The summed E-state index contributed by atoms with van der Waals surface area (Å²) in [4.78, 5) is 14.3. The molecule has 35 heavy (non-hydrogen) atoms. The van der Waals surface area contributed by atoms with Crippen LogP contribution in [-0.2, 0) is 13.0 Å². The van der Waals surface area contributed by atoms with Crippen molar-refractivity contribution < 1.29 is 27.1 Å². The van der Waals surface area contributed by atoms with Crippen LogP contribution < -0.4 is 10.1 Å². The van der Waals surface area contributed by atoms with Crippen LogP contribution in [-0.4, -0.2) is 61.0 Å². The third-order valence-electron chi connectivity index (χ3n) is 5.43. The minimum atomic E-state index is -4.85. The number of hydrogen-bond donors (Lipinski definition) is 1. The van der Waals surface area contributed by atoms with E-state index in [2.05, 4.69) is 36.8 Å². The normalized spacial score (nSPS) is 17.9. The van der Waals surface area contributed by atoms with Gasteiger partial charge in [0, 0.05) is 24.3 Å². The van der Waals surface area contributed by atoms with Gasteiger partial charge in [-0.05, 0) is 30.5 Å². The van der Waals surface area contributed by atoms with Crippen molar-refractivity contribution in [3.05, 3.63) is 42.0 Å². The Kier molecular flexibility index (Phi) is 6.85. The number of carbonyl (C=O) groups is 1. The monoisotopic (exact) mass is 490 g/mol. The van der Waals surface area contributed by atoms with Crippen LogP contribution in [0.4, 0.5) is 13.2 Å². The van der Waals surface area contributed by atoms with Crippen molar-refractivity contribution in [1.82, 2.24) is 35.4 Å². The summed E-state index contributed by atoms with van der Waals surface area (Å²) in [6.07, 6.45) is 2.23. The average molecular weight is 490 g/mol. The predicted octanol–water partition coefficient (Wildman–Crippen LogP) is 2.53. The van der Waals surface area contributed by atoms with E-state index in [1.165, 1.54) is 18.3 Å². The number of benzene rings is 1. The molecule has 14 heteroatoms. The van der Waals surface area contributed by atoms with E-state index in [1.807, 2.05) is 6.92 Å². The number of carbonyl (C=O) groups excluding carboxylic acids is 1. The summed E-state index contributed by atoms with van der Waals surface area (Å²) in [6, 6.07) is 3.32. The maximum absolute atomic E-state index is 12.7. The van der Waals surface area contributed by atoms with E-state index < -0.39 is 18.0 Å². The van der Waals surface area contributed by atoms with E-state index in [0.29, 0.717) is 31.5 Å². The quantitative estimate of drug-likeness (QED) is 0.473. The highest BCUT2D eigenvalue weighted by Gasteiger charge is 2.34. The minimum absolute atomic E-state index is 0.0969. The van der Waals surface area contributed by atoms with Gasteiger partial charge in [-0.25, -0.2) is 0 Å². The van der Waals surface area contributed by atoms with Gasteiger partial charge in [-0.1, -0.05) is 24.6 Å². The molecule has 1 saturated heterocycles. The maximum Gasteiger partial charge on any atom is 0.573 e. The lowest BCUT2D eigenvalue weighted by molar-refractivity contribution is -0.274. The molecule has 1 aromatic carbocycles. The first kappa shape index (κ1) is 24.0. The summed E-state index contributed by atoms with van der Waals surface area (Å²) >= 11 is 0. The van der Waals surface area contributed by atoms with Gasteiger partial charge < -0.3 is 19.4 Å². The molecule has 1 N–H and O–H groups in total. The van der Waals surface area contributed by atoms with Gasteiger partial charge in [-0.3, -0.25) is 9.48 Å². The molecule has 0 unspecified atom stereocenters. The fourth-order valence-corrected chi connectivity index (χ4v) is 3.97. The number of amides is 1. The Hall–Kier alpha value is -4.15. The van der Waals surface area contributed by atoms with E-state index >= 15 is 0 Å². The molecular formula is C21H21F3N8O3. The first-order chi connectivity index (χ1) is 16.8. The van der Waals surface area contributed by atoms with Crippen molar-refractivity contribution in [3.8, 4) is 23.4 Å². The van der Waals surface area contributed by atoms with Gasteiger partial charge in [0.05, 0.1) is 18.8 Å². The lowest BCUT2D eigenvalue weighted by atomic mass is 10.0. The molecule has 3 aromatic rings. The molecule has 3 heterocycles. The average Bonchev–Trinajstić information content (AvgIpc) is 3.55. The molecule has 0 radical (unpaired) electrons. The van der Waals surface area contributed by atoms with Crippen LogP contribution in [0.25, 0.3) is 11.5 Å². The Morgan fingerprint density at radius 1 is 1.37 bits per heavy atom. The van der Waals surface area contributed by atoms with Crippen LogP contribution in [0, 0.1) is 11.5 Å². The van der Waals surface area contributed by atoms with Gasteiger partial charge in [0.2, 0.25) is 5.89 Å². The van der Waals surface area contributed by atoms with Gasteiger partial charge >= 0.3 is 18.2 Å². The molecule has 2 aromatic heterocycles. The molecule has 0 saturated carbocycles. The highest BCUT2D eigenvalue weighted by atomic mass is 19.4. The third kappa shape index (κ3) is 5.86. The number of nitrogens with one attached hydrogen (secondary N) is 1. The number of aromatic nitrogens is 5. The summed E-state index contributed by atoms with van der Waals surface area (Å²) in [5.41, 5.74) is 0.929. The zero-order valence-electron chi connectivity index (χ0n) is 18.6. The second-order valence-electron chi connectivity index (χ2n) is 7.97. The molecule has 0 bridgehead atoms. The molecule has 1 aliphatic rings. The van der Waals surface area contributed by atoms with Gasteiger partial charge in [0.1, 0.15) is 5.75 Å². The fourth-order valence-electron chi connectivity index (χ4n) is 3.97. The molecule has 1 fully saturated rings. The molecule has 0 spiro atoms. The van der Waals surface area contributed by atoms with Crippen molar-refractivity contribution in [2.75, 3.05) is 6.54 Å². The van der Waals surface area contributed by atoms with E-state index in [-0.39, 0.29) is 29.4 Å². The van der Waals surface area contributed by atoms with Crippen molar-refractivity contribution >= 4 is 5.91 Å². The number of ether oxygens (including phenoxy) is 1. The number of alkyl halides is 3. The van der Waals surface area contributed by atoms with Crippen molar-refractivity contribution in [2.24, 2.45) is 0 Å². The number of nitriles is 1. The molecule has 184 valence electrons. The highest BCUT2D eigenvalue weighted by Crippen LogP contribution is 2.31. The largest absolute Gasteiger partial charge is 0.573 e. The molecule has 1 aliphatic heterocycles. The Labute approximate surface area is 197 Å². The number of hydrogen-bond acceptors (Lipinski definition) is 9. The second kappa shape index (κ2) is 10.00. The molecule has 2 atom stereocenters. The topological polar surface area (TPSA) is 135 Å². The summed E-state index contributed by atoms with van der Waals surface area (Å²) < 4.78 is 49.1. The smallest absolute Gasteiger partial charge is 0.412 e. The van der Waals surface area contributed by atoms with E-state index in [0.717, 1.165) is 12.5 Å². The molecular weight excluding hydrogens is 469 g/mol. The van der Waals surface area contributed by atoms with Gasteiger partial charge in [-0.15, -0.1) is 28.5 Å². The zero-order valence-corrected chi connectivity index (χ0v) is 18.6. The number of halogens is 3. The van der Waals surface area contributed by atoms with Crippen LogP contribution in [0.2, 0.25) is 0 Å². The Balaban J connectivity index is 1.47.